The van der Waals surface area contributed by atoms with Crippen molar-refractivity contribution < 1.29 is 9.59 Å². The van der Waals surface area contributed by atoms with E-state index in [2.05, 4.69) is 16.0 Å². The predicted octanol–water partition coefficient (Wildman–Crippen LogP) is 4.05. The van der Waals surface area contributed by atoms with Crippen molar-refractivity contribution in [3.8, 4) is 0 Å². The summed E-state index contributed by atoms with van der Waals surface area (Å²) in [7, 11) is 0. The average molecular weight is 429 g/mol. The Hall–Kier alpha value is -2.47. The highest BCUT2D eigenvalue weighted by atomic mass is 35.5. The van der Waals surface area contributed by atoms with Crippen molar-refractivity contribution in [3.63, 3.8) is 0 Å². The summed E-state index contributed by atoms with van der Waals surface area (Å²) in [4.78, 5) is 29.9. The molecule has 1 aromatic carbocycles. The zero-order valence-corrected chi connectivity index (χ0v) is 18.5. The molecular formula is C23H29ClN4O2. The fourth-order valence-corrected chi connectivity index (χ4v) is 4.16. The number of amides is 3. The van der Waals surface area contributed by atoms with E-state index < -0.39 is 0 Å². The van der Waals surface area contributed by atoms with E-state index in [1.807, 2.05) is 62.2 Å². The zero-order valence-electron chi connectivity index (χ0n) is 17.8. The minimum Gasteiger partial charge on any atom is -0.348 e. The van der Waals surface area contributed by atoms with Crippen LogP contribution in [0.3, 0.4) is 0 Å². The number of nitrogens with one attached hydrogen (secondary N) is 1. The number of rotatable bonds is 4. The lowest BCUT2D eigenvalue weighted by molar-refractivity contribution is -0.134. The third kappa shape index (κ3) is 4.48. The Kier molecular flexibility index (Phi) is 5.53. The summed E-state index contributed by atoms with van der Waals surface area (Å²) >= 11 is 6.09. The van der Waals surface area contributed by atoms with Gasteiger partial charge in [-0.3, -0.25) is 4.79 Å². The first kappa shape index (κ1) is 20.8. The van der Waals surface area contributed by atoms with Crippen molar-refractivity contribution in [1.82, 2.24) is 19.7 Å². The molecule has 2 aliphatic rings. The fourth-order valence-electron chi connectivity index (χ4n) is 4.03. The van der Waals surface area contributed by atoms with Crippen LogP contribution in [-0.4, -0.2) is 51.0 Å². The molecule has 0 unspecified atom stereocenters. The first-order valence-electron chi connectivity index (χ1n) is 10.5. The number of benzene rings is 1. The Bertz CT molecular complexity index is 927. The number of aromatic nitrogens is 1. The highest BCUT2D eigenvalue weighted by molar-refractivity contribution is 6.30. The van der Waals surface area contributed by atoms with Gasteiger partial charge in [0.05, 0.1) is 6.04 Å². The fraction of sp³-hybridized carbons (Fsp3) is 0.478. The van der Waals surface area contributed by atoms with Crippen molar-refractivity contribution in [3.05, 3.63) is 58.9 Å². The van der Waals surface area contributed by atoms with Gasteiger partial charge in [-0.1, -0.05) is 23.7 Å². The molecule has 1 fully saturated rings. The van der Waals surface area contributed by atoms with Crippen LogP contribution in [0.15, 0.2) is 42.6 Å². The molecule has 0 radical (unpaired) electrons. The standard InChI is InChI=1S/C23H29ClN4O2/c1-23(2,3)25-22(30)28(18-10-11-18)15-20(29)27-14-13-26-12-4-5-19(26)21(27)16-6-8-17(24)9-7-16/h4-9,12,18,21H,10-11,13-15H2,1-3H3,(H,25,30)/t21-/m1/s1. The monoisotopic (exact) mass is 428 g/mol. The summed E-state index contributed by atoms with van der Waals surface area (Å²) in [6, 6.07) is 11.5. The molecule has 1 N–H and O–H groups in total. The quantitative estimate of drug-likeness (QED) is 0.798. The van der Waals surface area contributed by atoms with Crippen LogP contribution in [0.2, 0.25) is 5.02 Å². The molecular weight excluding hydrogens is 400 g/mol. The second kappa shape index (κ2) is 7.99. The summed E-state index contributed by atoms with van der Waals surface area (Å²) in [6.07, 6.45) is 3.95. The van der Waals surface area contributed by atoms with Gasteiger partial charge in [0, 0.05) is 41.6 Å². The van der Waals surface area contributed by atoms with Gasteiger partial charge in [-0.05, 0) is 63.4 Å². The van der Waals surface area contributed by atoms with E-state index in [-0.39, 0.29) is 36.1 Å². The number of halogens is 1. The van der Waals surface area contributed by atoms with Gasteiger partial charge in [0.25, 0.3) is 0 Å². The molecule has 0 bridgehead atoms. The van der Waals surface area contributed by atoms with Crippen molar-refractivity contribution in [1.29, 1.82) is 0 Å². The van der Waals surface area contributed by atoms with Crippen molar-refractivity contribution in [2.45, 2.75) is 57.8 Å². The van der Waals surface area contributed by atoms with Crippen LogP contribution in [0.25, 0.3) is 0 Å². The van der Waals surface area contributed by atoms with E-state index in [0.717, 1.165) is 30.6 Å². The van der Waals surface area contributed by atoms with Crippen LogP contribution in [0.4, 0.5) is 4.79 Å². The molecule has 0 spiro atoms. The minimum atomic E-state index is -0.342. The number of urea groups is 1. The van der Waals surface area contributed by atoms with E-state index in [1.54, 1.807) is 4.90 Å². The Morgan fingerprint density at radius 3 is 2.47 bits per heavy atom. The van der Waals surface area contributed by atoms with E-state index in [0.29, 0.717) is 11.6 Å². The normalized spacial score (nSPS) is 18.7. The summed E-state index contributed by atoms with van der Waals surface area (Å²) in [5.41, 5.74) is 1.75. The molecule has 160 valence electrons. The molecule has 1 aromatic heterocycles. The molecule has 7 heteroatoms. The molecule has 1 saturated carbocycles. The molecule has 1 aliphatic heterocycles. The predicted molar refractivity (Wildman–Crippen MR) is 117 cm³/mol. The third-order valence-electron chi connectivity index (χ3n) is 5.58. The molecule has 4 rings (SSSR count). The summed E-state index contributed by atoms with van der Waals surface area (Å²) in [5, 5.41) is 3.68. The maximum Gasteiger partial charge on any atom is 0.318 e. The van der Waals surface area contributed by atoms with Gasteiger partial charge in [0.2, 0.25) is 5.91 Å². The Labute approximate surface area is 182 Å². The van der Waals surface area contributed by atoms with Crippen LogP contribution in [0, 0.1) is 0 Å². The molecule has 30 heavy (non-hydrogen) atoms. The van der Waals surface area contributed by atoms with Crippen molar-refractivity contribution >= 4 is 23.5 Å². The highest BCUT2D eigenvalue weighted by Gasteiger charge is 2.38. The molecule has 6 nitrogen and oxygen atoms in total. The molecule has 2 aromatic rings. The lowest BCUT2D eigenvalue weighted by Crippen LogP contribution is -2.53. The highest BCUT2D eigenvalue weighted by Crippen LogP contribution is 2.34. The number of hydrogen-bond donors (Lipinski definition) is 1. The molecule has 0 saturated heterocycles. The van der Waals surface area contributed by atoms with E-state index >= 15 is 0 Å². The zero-order chi connectivity index (χ0) is 21.5. The second-order valence-corrected chi connectivity index (χ2v) is 9.64. The van der Waals surface area contributed by atoms with Gasteiger partial charge in [-0.2, -0.15) is 0 Å². The van der Waals surface area contributed by atoms with E-state index in [4.69, 9.17) is 11.6 Å². The Morgan fingerprint density at radius 1 is 1.13 bits per heavy atom. The van der Waals surface area contributed by atoms with Gasteiger partial charge in [0.15, 0.2) is 0 Å². The SMILES string of the molecule is CC(C)(C)NC(=O)N(CC(=O)N1CCn2cccc2[C@H]1c1ccc(Cl)cc1)C1CC1. The molecule has 1 aliphatic carbocycles. The maximum absolute atomic E-state index is 13.5. The van der Waals surface area contributed by atoms with Gasteiger partial charge in [-0.25, -0.2) is 4.79 Å². The van der Waals surface area contributed by atoms with E-state index in [1.165, 1.54) is 0 Å². The Balaban J connectivity index is 1.58. The number of carbonyl (C=O) groups excluding carboxylic acids is 2. The second-order valence-electron chi connectivity index (χ2n) is 9.21. The topological polar surface area (TPSA) is 57.6 Å². The van der Waals surface area contributed by atoms with Gasteiger partial charge in [-0.15, -0.1) is 0 Å². The van der Waals surface area contributed by atoms with Crippen LogP contribution < -0.4 is 5.32 Å². The first-order chi connectivity index (χ1) is 14.2. The number of nitrogens with zero attached hydrogens (tertiary/aromatic N) is 3. The van der Waals surface area contributed by atoms with Crippen LogP contribution >= 0.6 is 11.6 Å². The summed E-state index contributed by atoms with van der Waals surface area (Å²) in [6.45, 7) is 7.30. The first-order valence-corrected chi connectivity index (χ1v) is 10.9. The third-order valence-corrected chi connectivity index (χ3v) is 5.83. The number of hydrogen-bond acceptors (Lipinski definition) is 2. The smallest absolute Gasteiger partial charge is 0.318 e. The van der Waals surface area contributed by atoms with Crippen molar-refractivity contribution in [2.24, 2.45) is 0 Å². The van der Waals surface area contributed by atoms with Gasteiger partial charge < -0.3 is 19.7 Å². The molecule has 3 amide bonds. The number of fused-ring (bicyclic) bond motifs is 1. The van der Waals surface area contributed by atoms with Crippen LogP contribution in [0.5, 0.6) is 0 Å². The minimum absolute atomic E-state index is 0.0293. The molecule has 1 atom stereocenters. The molecule has 2 heterocycles. The largest absolute Gasteiger partial charge is 0.348 e. The maximum atomic E-state index is 13.5. The van der Waals surface area contributed by atoms with Gasteiger partial charge >= 0.3 is 6.03 Å². The van der Waals surface area contributed by atoms with Crippen LogP contribution in [0.1, 0.15) is 50.9 Å². The lowest BCUT2D eigenvalue weighted by atomic mass is 10.00. The van der Waals surface area contributed by atoms with Crippen molar-refractivity contribution in [2.75, 3.05) is 13.1 Å². The summed E-state index contributed by atoms with van der Waals surface area (Å²) < 4.78 is 2.19. The average Bonchev–Trinajstić information content (AvgIpc) is 3.40. The number of carbonyl (C=O) groups is 2. The Morgan fingerprint density at radius 2 is 1.83 bits per heavy atom. The van der Waals surface area contributed by atoms with E-state index in [9.17, 15) is 9.59 Å². The van der Waals surface area contributed by atoms with Crippen LogP contribution in [-0.2, 0) is 11.3 Å². The summed E-state index contributed by atoms with van der Waals surface area (Å²) in [5.74, 6) is -0.0293. The lowest BCUT2D eigenvalue weighted by Gasteiger charge is -2.39. The van der Waals surface area contributed by atoms with Gasteiger partial charge in [0.1, 0.15) is 6.54 Å².